The molecule has 0 aliphatic carbocycles. The number of likely N-dealkylation sites (N-methyl/N-ethyl adjacent to an activating group) is 1. The molecule has 224 valence electrons. The van der Waals surface area contributed by atoms with Crippen LogP contribution in [-0.2, 0) is 19.2 Å². The quantitative estimate of drug-likeness (QED) is 0.231. The Hall–Kier alpha value is -4.54. The first kappa shape index (κ1) is 29.9. The average Bonchev–Trinajstić information content (AvgIpc) is 3.56. The molecule has 3 aromatic heterocycles. The third-order valence-corrected chi connectivity index (χ3v) is 7.87. The van der Waals surface area contributed by atoms with Crippen LogP contribution in [0, 0.1) is 13.8 Å². The van der Waals surface area contributed by atoms with E-state index in [0.717, 1.165) is 39.3 Å². The maximum atomic E-state index is 13.3. The van der Waals surface area contributed by atoms with E-state index in [-0.39, 0.29) is 18.6 Å². The Kier molecular flexibility index (Phi) is 8.09. The van der Waals surface area contributed by atoms with E-state index in [2.05, 4.69) is 16.4 Å². The second kappa shape index (κ2) is 11.6. The van der Waals surface area contributed by atoms with E-state index in [1.165, 1.54) is 0 Å². The minimum Gasteiger partial charge on any atom is -0.394 e. The standard InChI is InChI=1S/C33H39N7O3/c1-20-11-12-24(16-26(20)32(42)39(7)21(2)19-41)29-22(3)37-40-28(17-27(33(4,5)43)36-31(29)40)35-18-23-9-8-10-25(15-23)30-34-13-14-38(30)6/h8-17,21,35,41,43H,18-19H2,1-7H3. The number of carbonyl (C=O) groups is 1. The van der Waals surface area contributed by atoms with Gasteiger partial charge in [-0.05, 0) is 63.4 Å². The van der Waals surface area contributed by atoms with Crippen LogP contribution in [0.5, 0.6) is 0 Å². The summed E-state index contributed by atoms with van der Waals surface area (Å²) in [5, 5.41) is 28.9. The zero-order valence-electron chi connectivity index (χ0n) is 25.8. The fraction of sp³-hybridized carbons (Fsp3) is 0.333. The summed E-state index contributed by atoms with van der Waals surface area (Å²) >= 11 is 0. The second-order valence-electron chi connectivity index (χ2n) is 11.7. The molecular weight excluding hydrogens is 542 g/mol. The lowest BCUT2D eigenvalue weighted by atomic mass is 9.98. The summed E-state index contributed by atoms with van der Waals surface area (Å²) in [6.07, 6.45) is 3.70. The highest BCUT2D eigenvalue weighted by Gasteiger charge is 2.25. The van der Waals surface area contributed by atoms with Gasteiger partial charge in [0.15, 0.2) is 5.65 Å². The summed E-state index contributed by atoms with van der Waals surface area (Å²) < 4.78 is 3.74. The first-order valence-corrected chi connectivity index (χ1v) is 14.3. The first-order valence-electron chi connectivity index (χ1n) is 14.3. The van der Waals surface area contributed by atoms with Gasteiger partial charge in [0.05, 0.1) is 24.0 Å². The lowest BCUT2D eigenvalue weighted by Gasteiger charge is -2.24. The number of nitrogens with zero attached hydrogens (tertiary/aromatic N) is 6. The molecule has 5 aromatic rings. The monoisotopic (exact) mass is 581 g/mol. The molecule has 1 atom stereocenters. The van der Waals surface area contributed by atoms with Crippen molar-refractivity contribution in [1.29, 1.82) is 0 Å². The Morgan fingerprint density at radius 1 is 1.12 bits per heavy atom. The summed E-state index contributed by atoms with van der Waals surface area (Å²) in [6.45, 7) is 9.40. The molecule has 0 fully saturated rings. The number of amides is 1. The Bertz CT molecular complexity index is 1800. The molecule has 0 bridgehead atoms. The van der Waals surface area contributed by atoms with Gasteiger partial charge >= 0.3 is 0 Å². The number of anilines is 1. The highest BCUT2D eigenvalue weighted by Crippen LogP contribution is 2.33. The van der Waals surface area contributed by atoms with Crippen molar-refractivity contribution in [2.75, 3.05) is 19.0 Å². The SMILES string of the molecule is Cc1ccc(-c2c(C)nn3c(NCc4cccc(-c5nccn5C)c4)cc(C(C)(C)O)nc23)cc1C(=O)N(C)C(C)CO. The number of fused-ring (bicyclic) bond motifs is 1. The summed E-state index contributed by atoms with van der Waals surface area (Å²) in [6, 6.07) is 15.4. The van der Waals surface area contributed by atoms with E-state index < -0.39 is 5.60 Å². The number of aliphatic hydroxyl groups excluding tert-OH is 1. The topological polar surface area (TPSA) is 121 Å². The van der Waals surface area contributed by atoms with Crippen LogP contribution in [0.2, 0.25) is 0 Å². The van der Waals surface area contributed by atoms with Crippen LogP contribution in [0.15, 0.2) is 60.9 Å². The van der Waals surface area contributed by atoms with Crippen molar-refractivity contribution < 1.29 is 15.0 Å². The molecule has 5 rings (SSSR count). The summed E-state index contributed by atoms with van der Waals surface area (Å²) in [4.78, 5) is 24.2. The normalized spacial score (nSPS) is 12.5. The van der Waals surface area contributed by atoms with Gasteiger partial charge in [-0.2, -0.15) is 9.61 Å². The number of aryl methyl sites for hydroxylation is 3. The van der Waals surface area contributed by atoms with Gasteiger partial charge in [-0.3, -0.25) is 4.79 Å². The highest BCUT2D eigenvalue weighted by atomic mass is 16.3. The van der Waals surface area contributed by atoms with Crippen LogP contribution in [-0.4, -0.2) is 64.9 Å². The molecule has 43 heavy (non-hydrogen) atoms. The molecule has 3 heterocycles. The molecule has 0 saturated carbocycles. The smallest absolute Gasteiger partial charge is 0.254 e. The van der Waals surface area contributed by atoms with Crippen molar-refractivity contribution in [3.8, 4) is 22.5 Å². The molecule has 2 aromatic carbocycles. The van der Waals surface area contributed by atoms with Crippen LogP contribution in [0.25, 0.3) is 28.2 Å². The fourth-order valence-electron chi connectivity index (χ4n) is 5.08. The largest absolute Gasteiger partial charge is 0.394 e. The molecule has 10 nitrogen and oxygen atoms in total. The molecule has 0 radical (unpaired) electrons. The highest BCUT2D eigenvalue weighted by molar-refractivity contribution is 5.97. The number of hydrogen-bond acceptors (Lipinski definition) is 7. The van der Waals surface area contributed by atoms with Crippen molar-refractivity contribution in [2.45, 2.75) is 52.8 Å². The number of imidazole rings is 1. The first-order chi connectivity index (χ1) is 20.4. The third kappa shape index (κ3) is 5.89. The maximum Gasteiger partial charge on any atom is 0.254 e. The van der Waals surface area contributed by atoms with Gasteiger partial charge in [0.1, 0.15) is 17.2 Å². The Morgan fingerprint density at radius 3 is 2.56 bits per heavy atom. The van der Waals surface area contributed by atoms with Crippen molar-refractivity contribution in [2.24, 2.45) is 7.05 Å². The van der Waals surface area contributed by atoms with Crippen LogP contribution in [0.1, 0.15) is 53.6 Å². The van der Waals surface area contributed by atoms with Crippen LogP contribution in [0.3, 0.4) is 0 Å². The van der Waals surface area contributed by atoms with Gasteiger partial charge in [0.25, 0.3) is 5.91 Å². The number of carbonyl (C=O) groups excluding carboxylic acids is 1. The lowest BCUT2D eigenvalue weighted by Crippen LogP contribution is -2.37. The van der Waals surface area contributed by atoms with Gasteiger partial charge in [-0.1, -0.05) is 30.3 Å². The number of benzene rings is 2. The van der Waals surface area contributed by atoms with Crippen LogP contribution in [0.4, 0.5) is 5.82 Å². The minimum absolute atomic E-state index is 0.124. The van der Waals surface area contributed by atoms with Gasteiger partial charge in [-0.25, -0.2) is 9.97 Å². The van der Waals surface area contributed by atoms with Gasteiger partial charge < -0.3 is 25.0 Å². The molecule has 1 unspecified atom stereocenters. The molecule has 10 heteroatoms. The summed E-state index contributed by atoms with van der Waals surface area (Å²) in [7, 11) is 3.66. The minimum atomic E-state index is -1.21. The maximum absolute atomic E-state index is 13.3. The van der Waals surface area contributed by atoms with E-state index in [4.69, 9.17) is 10.1 Å². The van der Waals surface area contributed by atoms with E-state index in [1.54, 1.807) is 43.4 Å². The zero-order chi connectivity index (χ0) is 31.1. The molecule has 0 saturated heterocycles. The number of hydrogen-bond donors (Lipinski definition) is 3. The molecule has 0 spiro atoms. The predicted octanol–water partition coefficient (Wildman–Crippen LogP) is 4.71. The summed E-state index contributed by atoms with van der Waals surface area (Å²) in [5.74, 6) is 1.40. The van der Waals surface area contributed by atoms with E-state index >= 15 is 0 Å². The number of rotatable bonds is 9. The number of nitrogens with one attached hydrogen (secondary N) is 1. The average molecular weight is 582 g/mol. The van der Waals surface area contributed by atoms with Crippen LogP contribution < -0.4 is 5.32 Å². The Morgan fingerprint density at radius 2 is 1.88 bits per heavy atom. The van der Waals surface area contributed by atoms with Gasteiger partial charge in [0.2, 0.25) is 0 Å². The summed E-state index contributed by atoms with van der Waals surface area (Å²) in [5.41, 5.74) is 5.61. The van der Waals surface area contributed by atoms with Crippen molar-refractivity contribution >= 4 is 17.4 Å². The predicted molar refractivity (Wildman–Crippen MR) is 168 cm³/mol. The van der Waals surface area contributed by atoms with Crippen molar-refractivity contribution in [3.63, 3.8) is 0 Å². The van der Waals surface area contributed by atoms with Gasteiger partial charge in [-0.15, -0.1) is 0 Å². The van der Waals surface area contributed by atoms with Crippen molar-refractivity contribution in [1.82, 2.24) is 29.0 Å². The van der Waals surface area contributed by atoms with E-state index in [9.17, 15) is 15.0 Å². The van der Waals surface area contributed by atoms with Crippen LogP contribution >= 0.6 is 0 Å². The zero-order valence-corrected chi connectivity index (χ0v) is 25.8. The number of aromatic nitrogens is 5. The number of aliphatic hydroxyl groups is 2. The van der Waals surface area contributed by atoms with Gasteiger partial charge in [0, 0.05) is 55.8 Å². The van der Waals surface area contributed by atoms with E-state index in [1.807, 2.05) is 74.1 Å². The molecule has 3 N–H and O–H groups in total. The molecule has 1 amide bonds. The van der Waals surface area contributed by atoms with Crippen molar-refractivity contribution in [3.05, 3.63) is 89.0 Å². The lowest BCUT2D eigenvalue weighted by molar-refractivity contribution is 0.0681. The second-order valence-corrected chi connectivity index (χ2v) is 11.7. The Balaban J connectivity index is 1.57. The molecular formula is C33H39N7O3. The molecule has 0 aliphatic heterocycles. The fourth-order valence-corrected chi connectivity index (χ4v) is 5.08. The third-order valence-electron chi connectivity index (χ3n) is 7.87. The Labute approximate surface area is 251 Å². The van der Waals surface area contributed by atoms with E-state index in [0.29, 0.717) is 29.3 Å². The molecule has 0 aliphatic rings.